The van der Waals surface area contributed by atoms with E-state index in [9.17, 15) is 8.42 Å². The molecule has 0 spiro atoms. The molecular weight excluding hydrogens is 262 g/mol. The van der Waals surface area contributed by atoms with Crippen molar-refractivity contribution in [3.8, 4) is 0 Å². The molecule has 5 heteroatoms. The SMILES string of the molecule is O=S(=O)(NC1[C@H]2COC[C@@H]12)C1CC1c1ccccc1. The summed E-state index contributed by atoms with van der Waals surface area (Å²) in [5.41, 5.74) is 1.14. The molecule has 1 N–H and O–H groups in total. The summed E-state index contributed by atoms with van der Waals surface area (Å²) < 4.78 is 32.8. The van der Waals surface area contributed by atoms with Crippen molar-refractivity contribution in [1.82, 2.24) is 4.72 Å². The van der Waals surface area contributed by atoms with E-state index in [4.69, 9.17) is 4.74 Å². The molecule has 1 aromatic carbocycles. The van der Waals surface area contributed by atoms with Crippen molar-refractivity contribution in [2.75, 3.05) is 13.2 Å². The minimum Gasteiger partial charge on any atom is -0.381 e. The fraction of sp³-hybridized carbons (Fsp3) is 0.571. The van der Waals surface area contributed by atoms with Gasteiger partial charge in [-0.25, -0.2) is 13.1 Å². The van der Waals surface area contributed by atoms with Crippen LogP contribution in [0, 0.1) is 11.8 Å². The zero-order valence-electron chi connectivity index (χ0n) is 10.5. The van der Waals surface area contributed by atoms with E-state index < -0.39 is 10.0 Å². The fourth-order valence-corrected chi connectivity index (χ4v) is 5.21. The summed E-state index contributed by atoms with van der Waals surface area (Å²) in [7, 11) is -3.17. The zero-order valence-corrected chi connectivity index (χ0v) is 11.3. The second-order valence-corrected chi connectivity index (χ2v) is 7.78. The van der Waals surface area contributed by atoms with Gasteiger partial charge in [-0.15, -0.1) is 0 Å². The Hall–Kier alpha value is -0.910. The van der Waals surface area contributed by atoms with Crippen LogP contribution in [0.3, 0.4) is 0 Å². The number of hydrogen-bond acceptors (Lipinski definition) is 3. The predicted molar refractivity (Wildman–Crippen MR) is 71.2 cm³/mol. The third-order valence-electron chi connectivity index (χ3n) is 4.61. The van der Waals surface area contributed by atoms with Crippen LogP contribution in [0.5, 0.6) is 0 Å². The molecule has 0 amide bonds. The van der Waals surface area contributed by atoms with Gasteiger partial charge in [0.2, 0.25) is 10.0 Å². The largest absolute Gasteiger partial charge is 0.381 e. The highest BCUT2D eigenvalue weighted by molar-refractivity contribution is 7.90. The molecule has 2 aliphatic carbocycles. The van der Waals surface area contributed by atoms with Gasteiger partial charge in [-0.2, -0.15) is 0 Å². The molecule has 1 heterocycles. The minimum absolute atomic E-state index is 0.135. The predicted octanol–water partition coefficient (Wildman–Crippen LogP) is 1.11. The maximum absolute atomic E-state index is 12.3. The van der Waals surface area contributed by atoms with Crippen molar-refractivity contribution in [1.29, 1.82) is 0 Å². The average molecular weight is 279 g/mol. The number of hydrogen-bond donors (Lipinski definition) is 1. The first-order chi connectivity index (χ1) is 9.17. The standard InChI is InChI=1S/C14H17NO3S/c16-19(17,15-14-11-7-18-8-12(11)14)13-6-10(13)9-4-2-1-3-5-9/h1-5,10-15H,6-8H2/t10?,11-,12+,13?,14?. The number of rotatable bonds is 4. The van der Waals surface area contributed by atoms with Gasteiger partial charge < -0.3 is 4.74 Å². The van der Waals surface area contributed by atoms with Crippen molar-refractivity contribution < 1.29 is 13.2 Å². The third-order valence-corrected chi connectivity index (χ3v) is 6.53. The molecule has 0 bridgehead atoms. The van der Waals surface area contributed by atoms with Crippen LogP contribution in [-0.4, -0.2) is 32.9 Å². The second-order valence-electron chi connectivity index (χ2n) is 5.85. The Balaban J connectivity index is 1.43. The van der Waals surface area contributed by atoms with E-state index in [0.29, 0.717) is 25.0 Å². The van der Waals surface area contributed by atoms with E-state index >= 15 is 0 Å². The molecule has 1 saturated heterocycles. The summed E-state index contributed by atoms with van der Waals surface area (Å²) in [5, 5.41) is -0.239. The van der Waals surface area contributed by atoms with Gasteiger partial charge >= 0.3 is 0 Å². The van der Waals surface area contributed by atoms with Crippen LogP contribution in [0.2, 0.25) is 0 Å². The summed E-state index contributed by atoms with van der Waals surface area (Å²) in [4.78, 5) is 0. The van der Waals surface area contributed by atoms with Crippen LogP contribution in [0.1, 0.15) is 17.9 Å². The van der Waals surface area contributed by atoms with Crippen molar-refractivity contribution in [2.24, 2.45) is 11.8 Å². The lowest BCUT2D eigenvalue weighted by atomic mass is 10.1. The third kappa shape index (κ3) is 2.00. The summed E-state index contributed by atoms with van der Waals surface area (Å²) in [6.07, 6.45) is 0.748. The van der Waals surface area contributed by atoms with Crippen LogP contribution in [0.25, 0.3) is 0 Å². The van der Waals surface area contributed by atoms with Gasteiger partial charge in [0.15, 0.2) is 0 Å². The van der Waals surface area contributed by atoms with E-state index in [1.165, 1.54) is 0 Å². The van der Waals surface area contributed by atoms with Crippen molar-refractivity contribution >= 4 is 10.0 Å². The van der Waals surface area contributed by atoms with Crippen LogP contribution in [0.15, 0.2) is 30.3 Å². The molecule has 1 aliphatic heterocycles. The van der Waals surface area contributed by atoms with E-state index in [1.807, 2.05) is 30.3 Å². The number of benzene rings is 1. The highest BCUT2D eigenvalue weighted by atomic mass is 32.2. The van der Waals surface area contributed by atoms with Gasteiger partial charge in [-0.1, -0.05) is 30.3 Å². The molecule has 1 aromatic rings. The van der Waals surface area contributed by atoms with E-state index in [1.54, 1.807) is 0 Å². The molecule has 5 atom stereocenters. The first-order valence-electron chi connectivity index (χ1n) is 6.80. The maximum Gasteiger partial charge on any atom is 0.215 e. The first kappa shape index (κ1) is 11.9. The van der Waals surface area contributed by atoms with Crippen LogP contribution >= 0.6 is 0 Å². The maximum atomic E-state index is 12.3. The zero-order chi connectivity index (χ0) is 13.0. The molecular formula is C14H17NO3S. The highest BCUT2D eigenvalue weighted by Crippen LogP contribution is 2.49. The molecule has 4 nitrogen and oxygen atoms in total. The molecule has 102 valence electrons. The number of ether oxygens (including phenoxy) is 1. The van der Waals surface area contributed by atoms with E-state index in [-0.39, 0.29) is 17.2 Å². The Morgan fingerprint density at radius 1 is 1.11 bits per heavy atom. The van der Waals surface area contributed by atoms with E-state index in [2.05, 4.69) is 4.72 Å². The first-order valence-corrected chi connectivity index (χ1v) is 8.35. The minimum atomic E-state index is -3.17. The van der Waals surface area contributed by atoms with Crippen molar-refractivity contribution in [3.05, 3.63) is 35.9 Å². The summed E-state index contributed by atoms with van der Waals surface area (Å²) in [5.74, 6) is 1.01. The Morgan fingerprint density at radius 3 is 2.47 bits per heavy atom. The number of fused-ring (bicyclic) bond motifs is 1. The van der Waals surface area contributed by atoms with Gasteiger partial charge in [-0.3, -0.25) is 0 Å². The van der Waals surface area contributed by atoms with Gasteiger partial charge in [-0.05, 0) is 12.0 Å². The lowest BCUT2D eigenvalue weighted by Gasteiger charge is -2.08. The van der Waals surface area contributed by atoms with Gasteiger partial charge in [0.1, 0.15) is 0 Å². The van der Waals surface area contributed by atoms with Crippen LogP contribution in [-0.2, 0) is 14.8 Å². The normalized spacial score (nSPS) is 39.9. The van der Waals surface area contributed by atoms with Gasteiger partial charge in [0, 0.05) is 23.8 Å². The summed E-state index contributed by atoms with van der Waals surface area (Å²) in [6, 6.07) is 10.1. The van der Waals surface area contributed by atoms with Crippen LogP contribution < -0.4 is 4.72 Å². The molecule has 0 aromatic heterocycles. The Morgan fingerprint density at radius 2 is 1.79 bits per heavy atom. The highest BCUT2D eigenvalue weighted by Gasteiger charge is 2.58. The lowest BCUT2D eigenvalue weighted by molar-refractivity contribution is 0.159. The lowest BCUT2D eigenvalue weighted by Crippen LogP contribution is -2.33. The smallest absolute Gasteiger partial charge is 0.215 e. The van der Waals surface area contributed by atoms with Gasteiger partial charge in [0.05, 0.1) is 18.5 Å². The molecule has 4 rings (SSSR count). The number of nitrogens with one attached hydrogen (secondary N) is 1. The Kier molecular flexibility index (Phi) is 2.53. The molecule has 2 saturated carbocycles. The average Bonchev–Trinajstić information content (AvgIpc) is 3.28. The van der Waals surface area contributed by atoms with E-state index in [0.717, 1.165) is 12.0 Å². The Bertz CT molecular complexity index is 576. The fourth-order valence-electron chi connectivity index (χ4n) is 3.26. The number of sulfonamides is 1. The van der Waals surface area contributed by atoms with Crippen molar-refractivity contribution in [3.63, 3.8) is 0 Å². The Labute approximate surface area is 113 Å². The molecule has 0 radical (unpaired) electrons. The molecule has 19 heavy (non-hydrogen) atoms. The second kappa shape index (κ2) is 4.04. The van der Waals surface area contributed by atoms with Crippen LogP contribution in [0.4, 0.5) is 0 Å². The monoisotopic (exact) mass is 279 g/mol. The summed E-state index contributed by atoms with van der Waals surface area (Å²) in [6.45, 7) is 1.43. The van der Waals surface area contributed by atoms with Gasteiger partial charge in [0.25, 0.3) is 0 Å². The topological polar surface area (TPSA) is 55.4 Å². The molecule has 3 aliphatic rings. The molecule has 3 unspecified atom stereocenters. The quantitative estimate of drug-likeness (QED) is 0.898. The summed E-state index contributed by atoms with van der Waals surface area (Å²) >= 11 is 0. The van der Waals surface area contributed by atoms with Crippen molar-refractivity contribution in [2.45, 2.75) is 23.6 Å². The molecule has 3 fully saturated rings.